The van der Waals surface area contributed by atoms with Crippen molar-refractivity contribution in [3.63, 3.8) is 0 Å². The molecule has 1 saturated heterocycles. The van der Waals surface area contributed by atoms with Gasteiger partial charge in [0.2, 0.25) is 5.88 Å². The lowest BCUT2D eigenvalue weighted by Gasteiger charge is -2.32. The quantitative estimate of drug-likeness (QED) is 0.565. The summed E-state index contributed by atoms with van der Waals surface area (Å²) >= 11 is 0. The van der Waals surface area contributed by atoms with Gasteiger partial charge in [0.1, 0.15) is 30.2 Å². The van der Waals surface area contributed by atoms with Gasteiger partial charge in [0.15, 0.2) is 9.84 Å². The van der Waals surface area contributed by atoms with Gasteiger partial charge in [-0.1, -0.05) is 0 Å². The van der Waals surface area contributed by atoms with E-state index in [4.69, 9.17) is 9.47 Å². The van der Waals surface area contributed by atoms with Crippen molar-refractivity contribution in [1.82, 2.24) is 20.2 Å². The van der Waals surface area contributed by atoms with Crippen LogP contribution in [0.3, 0.4) is 0 Å². The first-order chi connectivity index (χ1) is 17.1. The van der Waals surface area contributed by atoms with E-state index < -0.39 is 21.8 Å². The van der Waals surface area contributed by atoms with Gasteiger partial charge in [-0.3, -0.25) is 10.3 Å². The number of hydrogen-bond acceptors (Lipinski definition) is 10. The minimum absolute atomic E-state index is 0.0484. The van der Waals surface area contributed by atoms with Crippen molar-refractivity contribution in [1.29, 1.82) is 0 Å². The highest BCUT2D eigenvalue weighted by molar-refractivity contribution is 7.90. The first-order valence-electron chi connectivity index (χ1n) is 11.6. The highest BCUT2D eigenvalue weighted by Crippen LogP contribution is 2.35. The summed E-state index contributed by atoms with van der Waals surface area (Å²) in [5, 5.41) is 6.13. The van der Waals surface area contributed by atoms with Crippen LogP contribution in [0.4, 0.5) is 20.7 Å². The van der Waals surface area contributed by atoms with Gasteiger partial charge in [-0.25, -0.2) is 27.6 Å². The summed E-state index contributed by atoms with van der Waals surface area (Å²) in [6.45, 7) is 5.12. The molecular formula is C23H29FN6O5S. The highest BCUT2D eigenvalue weighted by Gasteiger charge is 2.29. The van der Waals surface area contributed by atoms with Crippen LogP contribution in [0, 0.1) is 5.82 Å². The summed E-state index contributed by atoms with van der Waals surface area (Å²) < 4.78 is 49.7. The second-order valence-electron chi connectivity index (χ2n) is 8.86. The third kappa shape index (κ3) is 6.08. The molecule has 3 heterocycles. The van der Waals surface area contributed by atoms with E-state index in [1.807, 2.05) is 13.8 Å². The summed E-state index contributed by atoms with van der Waals surface area (Å²) in [5.41, 5.74) is 0.548. The van der Waals surface area contributed by atoms with E-state index in [2.05, 4.69) is 25.6 Å². The van der Waals surface area contributed by atoms with Gasteiger partial charge in [0.25, 0.3) is 0 Å². The first kappa shape index (κ1) is 25.8. The number of rotatable bonds is 7. The van der Waals surface area contributed by atoms with E-state index >= 15 is 0 Å². The average molecular weight is 521 g/mol. The van der Waals surface area contributed by atoms with Crippen LogP contribution < -0.4 is 15.4 Å². The molecule has 2 aliphatic rings. The van der Waals surface area contributed by atoms with E-state index in [9.17, 15) is 17.6 Å². The second-order valence-corrected chi connectivity index (χ2v) is 10.9. The summed E-state index contributed by atoms with van der Waals surface area (Å²) in [6.07, 6.45) is 3.96. The minimum Gasteiger partial charge on any atom is -0.474 e. The standard InChI is InChI=1S/C23H29FN6O5S/c1-14(2)34-23(31)30-10-6-15(7-11-30)35-22-19(20-25-8-9-26-20)21(27-13-28-22)29-18-5-4-16(12-17(18)24)36(3,32)33/h4-5,8,12-15,20,26H,6-7,9-11H2,1-3H3,(H,27,28,29). The molecule has 1 aromatic heterocycles. The molecular weight excluding hydrogens is 491 g/mol. The Balaban J connectivity index is 1.54. The number of nitrogens with zero attached hydrogens (tertiary/aromatic N) is 4. The minimum atomic E-state index is -3.55. The number of nitrogens with one attached hydrogen (secondary N) is 2. The second kappa shape index (κ2) is 10.7. The smallest absolute Gasteiger partial charge is 0.410 e. The molecule has 1 fully saturated rings. The monoisotopic (exact) mass is 520 g/mol. The number of carbonyl (C=O) groups excluding carboxylic acids is 1. The van der Waals surface area contributed by atoms with Crippen molar-refractivity contribution in [2.75, 3.05) is 31.2 Å². The number of piperidine rings is 1. The van der Waals surface area contributed by atoms with Gasteiger partial charge in [0, 0.05) is 44.9 Å². The average Bonchev–Trinajstić information content (AvgIpc) is 3.34. The van der Waals surface area contributed by atoms with Crippen LogP contribution in [0.15, 0.2) is 34.4 Å². The van der Waals surface area contributed by atoms with E-state index in [1.54, 1.807) is 11.1 Å². The van der Waals surface area contributed by atoms with Crippen LogP contribution in [0.2, 0.25) is 0 Å². The van der Waals surface area contributed by atoms with Crippen molar-refractivity contribution < 1.29 is 27.1 Å². The molecule has 0 aliphatic carbocycles. The Morgan fingerprint density at radius 1 is 1.25 bits per heavy atom. The maximum atomic E-state index is 14.7. The molecule has 2 aromatic rings. The Morgan fingerprint density at radius 2 is 2.00 bits per heavy atom. The van der Waals surface area contributed by atoms with Crippen molar-refractivity contribution in [3.05, 3.63) is 35.9 Å². The lowest BCUT2D eigenvalue weighted by Crippen LogP contribution is -2.42. The lowest BCUT2D eigenvalue weighted by atomic mass is 10.1. The third-order valence-electron chi connectivity index (χ3n) is 5.71. The number of ether oxygens (including phenoxy) is 2. The fraction of sp³-hybridized carbons (Fsp3) is 0.478. The van der Waals surface area contributed by atoms with Crippen molar-refractivity contribution in [2.45, 2.75) is 50.0 Å². The number of halogens is 1. The van der Waals surface area contributed by atoms with Crippen LogP contribution in [0.1, 0.15) is 38.4 Å². The Bertz CT molecular complexity index is 1250. The molecule has 13 heteroatoms. The summed E-state index contributed by atoms with van der Waals surface area (Å²) in [4.78, 5) is 26.7. The van der Waals surface area contributed by atoms with E-state index in [0.717, 1.165) is 12.3 Å². The molecule has 1 unspecified atom stereocenters. The largest absolute Gasteiger partial charge is 0.474 e. The fourth-order valence-electron chi connectivity index (χ4n) is 3.92. The van der Waals surface area contributed by atoms with Crippen molar-refractivity contribution >= 4 is 33.7 Å². The maximum Gasteiger partial charge on any atom is 0.410 e. The van der Waals surface area contributed by atoms with Crippen molar-refractivity contribution in [3.8, 4) is 5.88 Å². The molecule has 36 heavy (non-hydrogen) atoms. The van der Waals surface area contributed by atoms with Crippen LogP contribution >= 0.6 is 0 Å². The number of sulfone groups is 1. The zero-order chi connectivity index (χ0) is 25.9. The fourth-order valence-corrected chi connectivity index (χ4v) is 4.55. The number of anilines is 2. The molecule has 194 valence electrons. The number of benzene rings is 1. The Labute approximate surface area is 209 Å². The zero-order valence-electron chi connectivity index (χ0n) is 20.3. The predicted molar refractivity (Wildman–Crippen MR) is 131 cm³/mol. The number of amides is 1. The van der Waals surface area contributed by atoms with Gasteiger partial charge < -0.3 is 19.7 Å². The molecule has 1 atom stereocenters. The van der Waals surface area contributed by atoms with Crippen LogP contribution in [-0.2, 0) is 14.6 Å². The van der Waals surface area contributed by atoms with E-state index in [1.165, 1.54) is 18.5 Å². The SMILES string of the molecule is CC(C)OC(=O)N1CCC(Oc2ncnc(Nc3ccc(S(C)(=O)=O)cc3F)c2C2N=CCN2)CC1. The molecule has 11 nitrogen and oxygen atoms in total. The topological polar surface area (TPSA) is 135 Å². The predicted octanol–water partition coefficient (Wildman–Crippen LogP) is 2.82. The summed E-state index contributed by atoms with van der Waals surface area (Å²) in [6, 6.07) is 3.62. The van der Waals surface area contributed by atoms with Gasteiger partial charge in [-0.2, -0.15) is 0 Å². The molecule has 0 bridgehead atoms. The normalized spacial score (nSPS) is 18.5. The van der Waals surface area contributed by atoms with Crippen LogP contribution in [0.25, 0.3) is 0 Å². The van der Waals surface area contributed by atoms with Gasteiger partial charge in [-0.15, -0.1) is 0 Å². The maximum absolute atomic E-state index is 14.7. The lowest BCUT2D eigenvalue weighted by molar-refractivity contribution is 0.0504. The molecule has 0 radical (unpaired) electrons. The van der Waals surface area contributed by atoms with Gasteiger partial charge >= 0.3 is 6.09 Å². The summed E-state index contributed by atoms with van der Waals surface area (Å²) in [7, 11) is -3.55. The van der Waals surface area contributed by atoms with Gasteiger partial charge in [0.05, 0.1) is 22.3 Å². The zero-order valence-corrected chi connectivity index (χ0v) is 21.1. The number of aromatic nitrogens is 2. The first-order valence-corrected chi connectivity index (χ1v) is 13.5. The highest BCUT2D eigenvalue weighted by atomic mass is 32.2. The molecule has 2 N–H and O–H groups in total. The number of likely N-dealkylation sites (tertiary alicyclic amines) is 1. The number of hydrogen-bond donors (Lipinski definition) is 2. The Hall–Kier alpha value is -3.32. The van der Waals surface area contributed by atoms with E-state index in [-0.39, 0.29) is 34.7 Å². The molecule has 1 amide bonds. The number of carbonyl (C=O) groups is 1. The van der Waals surface area contributed by atoms with Gasteiger partial charge in [-0.05, 0) is 32.0 Å². The van der Waals surface area contributed by atoms with Crippen LogP contribution in [-0.4, -0.2) is 73.7 Å². The molecule has 4 rings (SSSR count). The van der Waals surface area contributed by atoms with Crippen LogP contribution in [0.5, 0.6) is 5.88 Å². The molecule has 0 saturated carbocycles. The Morgan fingerprint density at radius 3 is 2.61 bits per heavy atom. The third-order valence-corrected chi connectivity index (χ3v) is 6.82. The molecule has 2 aliphatic heterocycles. The Kier molecular flexibility index (Phi) is 7.69. The number of aliphatic imine (C=N–C) groups is 1. The molecule has 0 spiro atoms. The summed E-state index contributed by atoms with van der Waals surface area (Å²) in [5.74, 6) is -0.172. The van der Waals surface area contributed by atoms with Crippen molar-refractivity contribution in [2.24, 2.45) is 4.99 Å². The molecule has 1 aromatic carbocycles. The van der Waals surface area contributed by atoms with E-state index in [0.29, 0.717) is 43.9 Å².